The Morgan fingerprint density at radius 3 is 2.41 bits per heavy atom. The number of fused-ring (bicyclic) bond motifs is 1. The molecule has 18 heteroatoms. The molecule has 0 radical (unpaired) electrons. The van der Waals surface area contributed by atoms with Gasteiger partial charge in [-0.25, -0.2) is 14.1 Å². The second-order valence-corrected chi connectivity index (χ2v) is 14.5. The van der Waals surface area contributed by atoms with Gasteiger partial charge in [0.05, 0.1) is 30.7 Å². The minimum Gasteiger partial charge on any atom is -0.459 e. The van der Waals surface area contributed by atoms with Gasteiger partial charge in [-0.3, -0.25) is 18.9 Å². The summed E-state index contributed by atoms with van der Waals surface area (Å²) in [6, 6.07) is 12.0. The maximum absolute atomic E-state index is 14.5. The number of aromatic nitrogens is 3. The molecule has 51 heavy (non-hydrogen) atoms. The first-order valence-electron chi connectivity index (χ1n) is 16.4. The van der Waals surface area contributed by atoms with Crippen molar-refractivity contribution in [1.82, 2.24) is 19.7 Å². The molecule has 2 saturated heterocycles. The van der Waals surface area contributed by atoms with Crippen LogP contribution in [0.4, 0.5) is 5.82 Å². The molecule has 1 unspecified atom stereocenters. The van der Waals surface area contributed by atoms with Gasteiger partial charge in [-0.05, 0) is 31.2 Å². The van der Waals surface area contributed by atoms with E-state index in [0.717, 1.165) is 0 Å². The van der Waals surface area contributed by atoms with Gasteiger partial charge in [-0.15, -0.1) is 0 Å². The number of esters is 3. The Balaban J connectivity index is 1.53. The number of para-hydroxylation sites is 1. The molecule has 0 spiro atoms. The van der Waals surface area contributed by atoms with Crippen molar-refractivity contribution in [3.63, 3.8) is 0 Å². The van der Waals surface area contributed by atoms with Gasteiger partial charge in [0.15, 0.2) is 18.0 Å². The molecule has 5 rings (SSSR count). The van der Waals surface area contributed by atoms with E-state index in [-0.39, 0.29) is 23.9 Å². The predicted octanol–water partition coefficient (Wildman–Crippen LogP) is 3.29. The number of carbonyl (C=O) groups excluding carboxylic acids is 3. The molecule has 2 fully saturated rings. The fourth-order valence-corrected chi connectivity index (χ4v) is 6.83. The standard InChI is InChI=1S/C33H41N6O11P/c1-19(2)30(40)47-27-26(24-11-12-25-29(35)36-18-37-39(24)25)49-33(16-34,28(27)48-31(41)20(3)4)17-45-51(43,50-22-9-7-6-8-10-22)38-21(5)32(42)46-23-13-14-44-15-23/h6-12,18-21,23,26-28H,13-15,17H2,1-5H3,(H,38,43)(H2,35,36,37)/t21-,23-,26-,27-,28-,33+,51?/m0/s1. The zero-order chi connectivity index (χ0) is 36.9. The SMILES string of the molecule is CC(C)C(=O)O[C@H]1[C@H](c2ccc3c(N)ncnn23)O[C@](C#N)(COP(=O)(N[C@@H](C)C(=O)O[C@H]2CCOC2)Oc2ccccc2)[C@H]1OC(=O)C(C)C. The molecule has 2 aliphatic rings. The number of anilines is 1. The lowest BCUT2D eigenvalue weighted by Crippen LogP contribution is -2.50. The first-order valence-corrected chi connectivity index (χ1v) is 17.9. The van der Waals surface area contributed by atoms with Crippen LogP contribution in [0.25, 0.3) is 5.52 Å². The van der Waals surface area contributed by atoms with Crippen LogP contribution in [0.2, 0.25) is 0 Å². The van der Waals surface area contributed by atoms with Crippen LogP contribution in [-0.4, -0.2) is 82.3 Å². The van der Waals surface area contributed by atoms with Crippen LogP contribution in [0.5, 0.6) is 5.75 Å². The summed E-state index contributed by atoms with van der Waals surface area (Å²) in [5, 5.41) is 17.7. The fraction of sp³-hybridized carbons (Fsp3) is 0.515. The van der Waals surface area contributed by atoms with Crippen molar-refractivity contribution in [1.29, 1.82) is 5.26 Å². The summed E-state index contributed by atoms with van der Waals surface area (Å²) in [7, 11) is -4.58. The van der Waals surface area contributed by atoms with Crippen molar-refractivity contribution < 1.29 is 51.7 Å². The second-order valence-electron chi connectivity index (χ2n) is 12.8. The van der Waals surface area contributed by atoms with E-state index >= 15 is 0 Å². The Morgan fingerprint density at radius 1 is 1.06 bits per heavy atom. The summed E-state index contributed by atoms with van der Waals surface area (Å²) in [5.74, 6) is -3.21. The van der Waals surface area contributed by atoms with E-state index in [4.69, 9.17) is 38.5 Å². The lowest BCUT2D eigenvalue weighted by molar-refractivity contribution is -0.173. The van der Waals surface area contributed by atoms with Crippen LogP contribution in [-0.2, 0) is 47.2 Å². The molecule has 3 aromatic rings. The third-order valence-corrected chi connectivity index (χ3v) is 9.74. The van der Waals surface area contributed by atoms with Gasteiger partial charge in [-0.1, -0.05) is 45.9 Å². The molecule has 0 saturated carbocycles. The van der Waals surface area contributed by atoms with Crippen LogP contribution >= 0.6 is 7.75 Å². The predicted molar refractivity (Wildman–Crippen MR) is 178 cm³/mol. The van der Waals surface area contributed by atoms with E-state index in [2.05, 4.69) is 15.2 Å². The van der Waals surface area contributed by atoms with Gasteiger partial charge in [0.25, 0.3) is 0 Å². The van der Waals surface area contributed by atoms with Gasteiger partial charge < -0.3 is 33.9 Å². The highest BCUT2D eigenvalue weighted by atomic mass is 31.2. The number of nitrogens with one attached hydrogen (secondary N) is 1. The number of hydrogen-bond donors (Lipinski definition) is 2. The molecule has 2 aromatic heterocycles. The minimum atomic E-state index is -4.58. The number of benzene rings is 1. The second kappa shape index (κ2) is 15.7. The van der Waals surface area contributed by atoms with Crippen molar-refractivity contribution in [2.45, 2.75) is 77.1 Å². The molecule has 2 aliphatic heterocycles. The highest BCUT2D eigenvalue weighted by Gasteiger charge is 2.62. The van der Waals surface area contributed by atoms with Crippen LogP contribution in [0.3, 0.4) is 0 Å². The van der Waals surface area contributed by atoms with Crippen LogP contribution in [0.15, 0.2) is 48.8 Å². The number of nitrogens with zero attached hydrogens (tertiary/aromatic N) is 4. The molecule has 7 atom stereocenters. The molecule has 4 heterocycles. The molecule has 274 valence electrons. The van der Waals surface area contributed by atoms with E-state index in [1.54, 1.807) is 58.0 Å². The third kappa shape index (κ3) is 8.49. The Labute approximate surface area is 294 Å². The number of carbonyl (C=O) groups is 3. The average Bonchev–Trinajstić information content (AvgIpc) is 3.84. The van der Waals surface area contributed by atoms with Crippen molar-refractivity contribution in [2.24, 2.45) is 11.8 Å². The molecule has 0 aliphatic carbocycles. The molecule has 0 amide bonds. The Hall–Kier alpha value is -4.59. The van der Waals surface area contributed by atoms with Crippen molar-refractivity contribution in [3.8, 4) is 11.8 Å². The number of nitrogen functional groups attached to an aromatic ring is 1. The Morgan fingerprint density at radius 2 is 1.76 bits per heavy atom. The first-order chi connectivity index (χ1) is 24.3. The van der Waals surface area contributed by atoms with E-state index in [0.29, 0.717) is 18.5 Å². The normalized spacial score (nSPS) is 24.9. The largest absolute Gasteiger partial charge is 0.459 e. The summed E-state index contributed by atoms with van der Waals surface area (Å²) in [6.45, 7) is 7.60. The zero-order valence-electron chi connectivity index (χ0n) is 28.8. The number of ether oxygens (including phenoxy) is 5. The Bertz CT molecular complexity index is 1810. The number of nitrogens with two attached hydrogens (primary N) is 1. The lowest BCUT2D eigenvalue weighted by atomic mass is 9.95. The van der Waals surface area contributed by atoms with Crippen molar-refractivity contribution in [3.05, 3.63) is 54.5 Å². The highest BCUT2D eigenvalue weighted by Crippen LogP contribution is 2.50. The minimum absolute atomic E-state index is 0.109. The van der Waals surface area contributed by atoms with Crippen LogP contribution < -0.4 is 15.3 Å². The fourth-order valence-electron chi connectivity index (χ4n) is 5.31. The zero-order valence-corrected chi connectivity index (χ0v) is 29.7. The van der Waals surface area contributed by atoms with Gasteiger partial charge in [0.2, 0.25) is 5.60 Å². The van der Waals surface area contributed by atoms with Crippen LogP contribution in [0.1, 0.15) is 52.8 Å². The summed E-state index contributed by atoms with van der Waals surface area (Å²) in [4.78, 5) is 43.2. The Kier molecular flexibility index (Phi) is 11.6. The summed E-state index contributed by atoms with van der Waals surface area (Å²) in [5.41, 5.74) is 4.47. The summed E-state index contributed by atoms with van der Waals surface area (Å²) in [6.07, 6.45) is -3.10. The molecule has 17 nitrogen and oxygen atoms in total. The van der Waals surface area contributed by atoms with Crippen molar-refractivity contribution in [2.75, 3.05) is 25.6 Å². The summed E-state index contributed by atoms with van der Waals surface area (Å²) < 4.78 is 56.5. The molecular weight excluding hydrogens is 687 g/mol. The van der Waals surface area contributed by atoms with Gasteiger partial charge in [0, 0.05) is 6.42 Å². The maximum atomic E-state index is 14.5. The monoisotopic (exact) mass is 728 g/mol. The van der Waals surface area contributed by atoms with Crippen LogP contribution in [0, 0.1) is 23.2 Å². The lowest BCUT2D eigenvalue weighted by Gasteiger charge is -2.31. The average molecular weight is 729 g/mol. The molecule has 3 N–H and O–H groups in total. The van der Waals surface area contributed by atoms with E-state index < -0.39 is 80.2 Å². The first kappa shape index (κ1) is 37.7. The number of hydrogen-bond acceptors (Lipinski definition) is 15. The topological polar surface area (TPSA) is 225 Å². The smallest absolute Gasteiger partial charge is 0.459 e. The summed E-state index contributed by atoms with van der Waals surface area (Å²) >= 11 is 0. The van der Waals surface area contributed by atoms with Gasteiger partial charge >= 0.3 is 25.7 Å². The van der Waals surface area contributed by atoms with E-state index in [1.807, 2.05) is 6.07 Å². The molecule has 1 aromatic carbocycles. The maximum Gasteiger partial charge on any atom is 0.459 e. The molecular formula is C33H41N6O11P. The van der Waals surface area contributed by atoms with Gasteiger partial charge in [-0.2, -0.15) is 15.4 Å². The van der Waals surface area contributed by atoms with E-state index in [1.165, 1.54) is 29.9 Å². The van der Waals surface area contributed by atoms with E-state index in [9.17, 15) is 24.2 Å². The molecule has 0 bridgehead atoms. The third-order valence-electron chi connectivity index (χ3n) is 8.12. The van der Waals surface area contributed by atoms with Gasteiger partial charge in [0.1, 0.15) is 48.5 Å². The highest BCUT2D eigenvalue weighted by molar-refractivity contribution is 7.52. The van der Waals surface area contributed by atoms with Crippen molar-refractivity contribution >= 4 is 37.0 Å². The number of nitriles is 1. The quantitative estimate of drug-likeness (QED) is 0.138. The number of rotatable bonds is 14.